The lowest BCUT2D eigenvalue weighted by Gasteiger charge is -2.18. The summed E-state index contributed by atoms with van der Waals surface area (Å²) in [5.41, 5.74) is 9.41. The fourth-order valence-corrected chi connectivity index (χ4v) is 6.89. The Morgan fingerprint density at radius 3 is 2.39 bits per heavy atom. The van der Waals surface area contributed by atoms with Gasteiger partial charge in [0.1, 0.15) is 31.0 Å². The van der Waals surface area contributed by atoms with Crippen molar-refractivity contribution in [3.05, 3.63) is 107 Å². The zero-order chi connectivity index (χ0) is 40.5. The van der Waals surface area contributed by atoms with Crippen LogP contribution in [0.2, 0.25) is 0 Å². The summed E-state index contributed by atoms with van der Waals surface area (Å²) in [6.45, 7) is 4.47. The zero-order valence-corrected chi connectivity index (χ0v) is 32.0. The molecule has 0 aliphatic rings. The van der Waals surface area contributed by atoms with Gasteiger partial charge in [0.15, 0.2) is 0 Å². The van der Waals surface area contributed by atoms with Gasteiger partial charge < -0.3 is 19.2 Å². The van der Waals surface area contributed by atoms with E-state index in [1.165, 1.54) is 0 Å². The summed E-state index contributed by atoms with van der Waals surface area (Å²) in [6.07, 6.45) is 1.07. The molecule has 0 radical (unpaired) electrons. The maximum absolute atomic E-state index is 13.3. The number of imidazole rings is 2. The van der Waals surface area contributed by atoms with Crippen molar-refractivity contribution < 1.29 is 44.8 Å². The van der Waals surface area contributed by atoms with Crippen LogP contribution in [0.3, 0.4) is 0 Å². The van der Waals surface area contributed by atoms with Crippen LogP contribution in [0.15, 0.2) is 84.9 Å². The van der Waals surface area contributed by atoms with Gasteiger partial charge in [-0.15, -0.1) is 0 Å². The molecule has 5 N–H and O–H groups in total. The number of esters is 1. The lowest BCUT2D eigenvalue weighted by Crippen LogP contribution is -2.31. The lowest BCUT2D eigenvalue weighted by atomic mass is 9.98. The van der Waals surface area contributed by atoms with E-state index in [1.54, 1.807) is 12.1 Å². The van der Waals surface area contributed by atoms with Gasteiger partial charge in [-0.25, -0.2) is 19.6 Å². The molecular weight excluding hydrogens is 734 g/mol. The van der Waals surface area contributed by atoms with Gasteiger partial charge >= 0.3 is 5.97 Å². The topological polar surface area (TPSA) is 197 Å². The van der Waals surface area contributed by atoms with Crippen LogP contribution in [0.4, 0.5) is 0 Å². The van der Waals surface area contributed by atoms with Gasteiger partial charge in [0.25, 0.3) is 5.91 Å². The molecule has 1 unspecified atom stereocenters. The SMILES string of the molecule is CCCc1nc2c(C)cc(-c3nc4ccccc4n3C)cc2n1Cc1ccc(-c2ccccc2C(=O)NCCOC(=O)CCCC(CON(O)O)ON(O)O)cc1. The minimum atomic E-state index is -1.00. The highest BCUT2D eigenvalue weighted by Crippen LogP contribution is 2.31. The number of rotatable bonds is 19. The monoisotopic (exact) mass is 781 g/mol. The van der Waals surface area contributed by atoms with E-state index in [0.29, 0.717) is 12.1 Å². The van der Waals surface area contributed by atoms with Gasteiger partial charge in [0.05, 0.1) is 39.4 Å². The maximum atomic E-state index is 13.3. The van der Waals surface area contributed by atoms with Crippen LogP contribution in [-0.4, -0.2) is 88.4 Å². The predicted molar refractivity (Wildman–Crippen MR) is 208 cm³/mol. The Morgan fingerprint density at radius 1 is 0.895 bits per heavy atom. The number of carbonyl (C=O) groups excluding carboxylic acids is 2. The highest BCUT2D eigenvalue weighted by atomic mass is 17.1. The smallest absolute Gasteiger partial charge is 0.305 e. The van der Waals surface area contributed by atoms with Crippen molar-refractivity contribution in [2.75, 3.05) is 19.8 Å². The number of hydrogen-bond donors (Lipinski definition) is 5. The standard InChI is InChI=1S/C41H47N7O9/c1-4-10-37-44-39-27(2)23-30(40-43-34-14-7-8-15-35(34)45(40)3)24-36(39)46(37)25-28-17-19-29(20-18-28)32-12-5-6-13-33(32)41(50)42-21-22-55-38(49)16-9-11-31(57-48(53)54)26-56-47(51)52/h5-8,12-15,17-20,23-24,31,51-54H,4,9-11,16,21-22,25-26H2,1-3H3,(H,42,50). The van der Waals surface area contributed by atoms with E-state index in [1.807, 2.05) is 49.5 Å². The molecule has 0 fully saturated rings. The van der Waals surface area contributed by atoms with Crippen molar-refractivity contribution >= 4 is 33.9 Å². The third kappa shape index (κ3) is 10.3. The number of nitrogens with one attached hydrogen (secondary N) is 1. The molecule has 4 aromatic carbocycles. The molecule has 0 saturated carbocycles. The number of carbonyl (C=O) groups is 2. The van der Waals surface area contributed by atoms with E-state index in [2.05, 4.69) is 68.3 Å². The molecule has 300 valence electrons. The summed E-state index contributed by atoms with van der Waals surface area (Å²) in [4.78, 5) is 44.6. The third-order valence-electron chi connectivity index (χ3n) is 9.60. The molecule has 2 heterocycles. The van der Waals surface area contributed by atoms with Crippen molar-refractivity contribution in [3.63, 3.8) is 0 Å². The van der Waals surface area contributed by atoms with Crippen LogP contribution < -0.4 is 5.32 Å². The largest absolute Gasteiger partial charge is 0.464 e. The molecule has 6 aromatic rings. The first kappa shape index (κ1) is 41.1. The second-order valence-electron chi connectivity index (χ2n) is 13.6. The molecule has 57 heavy (non-hydrogen) atoms. The lowest BCUT2D eigenvalue weighted by molar-refractivity contribution is -0.527. The summed E-state index contributed by atoms with van der Waals surface area (Å²) < 4.78 is 9.66. The number of para-hydroxylation sites is 2. The number of aromatic nitrogens is 4. The molecule has 0 saturated heterocycles. The minimum Gasteiger partial charge on any atom is -0.464 e. The Hall–Kier alpha value is -5.56. The van der Waals surface area contributed by atoms with E-state index < -0.39 is 29.5 Å². The maximum Gasteiger partial charge on any atom is 0.305 e. The van der Waals surface area contributed by atoms with Gasteiger partial charge in [0, 0.05) is 37.6 Å². The Morgan fingerprint density at radius 2 is 1.65 bits per heavy atom. The van der Waals surface area contributed by atoms with E-state index in [0.717, 1.165) is 74.4 Å². The molecule has 0 aliphatic carbocycles. The van der Waals surface area contributed by atoms with Gasteiger partial charge in [0.2, 0.25) is 0 Å². The van der Waals surface area contributed by atoms with Crippen LogP contribution in [0.1, 0.15) is 59.9 Å². The average molecular weight is 782 g/mol. The molecule has 6 rings (SSSR count). The Labute approximate surface area is 328 Å². The molecular formula is C41H47N7O9. The van der Waals surface area contributed by atoms with Crippen molar-refractivity contribution in [1.82, 2.24) is 35.2 Å². The normalized spacial score (nSPS) is 12.2. The minimum absolute atomic E-state index is 0.0360. The van der Waals surface area contributed by atoms with Gasteiger partial charge in [-0.1, -0.05) is 61.5 Å². The van der Waals surface area contributed by atoms with Crippen molar-refractivity contribution in [3.8, 4) is 22.5 Å². The number of ether oxygens (including phenoxy) is 1. The van der Waals surface area contributed by atoms with Gasteiger partial charge in [-0.05, 0) is 78.8 Å². The Balaban J connectivity index is 1.09. The number of nitrogens with zero attached hydrogens (tertiary/aromatic N) is 6. The van der Waals surface area contributed by atoms with E-state index >= 15 is 0 Å². The number of benzene rings is 4. The van der Waals surface area contributed by atoms with E-state index in [-0.39, 0.29) is 38.3 Å². The average Bonchev–Trinajstić information content (AvgIpc) is 3.72. The van der Waals surface area contributed by atoms with Gasteiger partial charge in [-0.3, -0.25) is 30.4 Å². The summed E-state index contributed by atoms with van der Waals surface area (Å²) in [7, 11) is 2.05. The number of fused-ring (bicyclic) bond motifs is 2. The Kier molecular flexibility index (Phi) is 13.7. The van der Waals surface area contributed by atoms with Crippen LogP contribution in [0.5, 0.6) is 0 Å². The molecule has 16 nitrogen and oxygen atoms in total. The van der Waals surface area contributed by atoms with E-state index in [4.69, 9.17) is 35.5 Å². The zero-order valence-electron chi connectivity index (χ0n) is 32.0. The first-order valence-electron chi connectivity index (χ1n) is 18.7. The van der Waals surface area contributed by atoms with Crippen LogP contribution >= 0.6 is 0 Å². The fourth-order valence-electron chi connectivity index (χ4n) is 6.89. The van der Waals surface area contributed by atoms with Crippen molar-refractivity contribution in [1.29, 1.82) is 0 Å². The molecule has 1 atom stereocenters. The molecule has 0 aliphatic heterocycles. The van der Waals surface area contributed by atoms with Crippen LogP contribution in [0.25, 0.3) is 44.6 Å². The second-order valence-corrected chi connectivity index (χ2v) is 13.6. The van der Waals surface area contributed by atoms with Gasteiger partial charge in [-0.2, -0.15) is 0 Å². The Bertz CT molecular complexity index is 2300. The third-order valence-corrected chi connectivity index (χ3v) is 9.60. The summed E-state index contributed by atoms with van der Waals surface area (Å²) in [6, 6.07) is 28.0. The van der Waals surface area contributed by atoms with Crippen LogP contribution in [-0.2, 0) is 39.2 Å². The number of aryl methyl sites for hydroxylation is 3. The quantitative estimate of drug-likeness (QED) is 0.0344. The fraction of sp³-hybridized carbons (Fsp3) is 0.317. The first-order valence-corrected chi connectivity index (χ1v) is 18.7. The first-order chi connectivity index (χ1) is 27.5. The number of hydrogen-bond acceptors (Lipinski definition) is 13. The summed E-state index contributed by atoms with van der Waals surface area (Å²) in [5.74, 6) is 1.08. The van der Waals surface area contributed by atoms with Crippen molar-refractivity contribution in [2.24, 2.45) is 7.05 Å². The predicted octanol–water partition coefficient (Wildman–Crippen LogP) is 6.40. The summed E-state index contributed by atoms with van der Waals surface area (Å²) in [5, 5.41) is 36.8. The number of amides is 1. The highest BCUT2D eigenvalue weighted by molar-refractivity contribution is 6.01. The van der Waals surface area contributed by atoms with Crippen LogP contribution in [0, 0.1) is 6.92 Å². The highest BCUT2D eigenvalue weighted by Gasteiger charge is 2.19. The summed E-state index contributed by atoms with van der Waals surface area (Å²) >= 11 is 0. The molecule has 2 aromatic heterocycles. The van der Waals surface area contributed by atoms with E-state index in [9.17, 15) is 9.59 Å². The molecule has 0 spiro atoms. The molecule has 1 amide bonds. The molecule has 16 heteroatoms. The molecule has 0 bridgehead atoms. The second kappa shape index (κ2) is 19.1. The van der Waals surface area contributed by atoms with Crippen molar-refractivity contribution in [2.45, 2.75) is 58.6 Å².